The highest BCUT2D eigenvalue weighted by atomic mass is 19.4. The number of halogens is 3. The van der Waals surface area contributed by atoms with Crippen LogP contribution in [-0.2, 0) is 11.3 Å². The second kappa shape index (κ2) is 9.87. The van der Waals surface area contributed by atoms with Gasteiger partial charge in [0.1, 0.15) is 23.9 Å². The lowest BCUT2D eigenvalue weighted by atomic mass is 10.1. The van der Waals surface area contributed by atoms with Gasteiger partial charge in [0.2, 0.25) is 0 Å². The molecule has 0 aliphatic heterocycles. The molecular formula is C24H21F3O3. The first kappa shape index (κ1) is 21.3. The topological polar surface area (TPSA) is 27.7 Å². The zero-order valence-corrected chi connectivity index (χ0v) is 16.4. The van der Waals surface area contributed by atoms with E-state index in [4.69, 9.17) is 14.2 Å². The van der Waals surface area contributed by atoms with Gasteiger partial charge in [0.05, 0.1) is 18.4 Å². The van der Waals surface area contributed by atoms with E-state index in [0.29, 0.717) is 29.4 Å². The Bertz CT molecular complexity index is 965. The number of benzene rings is 3. The molecule has 0 atom stereocenters. The van der Waals surface area contributed by atoms with Crippen LogP contribution in [0.3, 0.4) is 0 Å². The van der Waals surface area contributed by atoms with Gasteiger partial charge >= 0.3 is 6.18 Å². The summed E-state index contributed by atoms with van der Waals surface area (Å²) in [5.41, 5.74) is -0.165. The monoisotopic (exact) mass is 414 g/mol. The maximum absolute atomic E-state index is 13.5. The molecule has 0 heterocycles. The number of alkyl halides is 3. The van der Waals surface area contributed by atoms with Crippen molar-refractivity contribution in [3.05, 3.63) is 96.3 Å². The normalized spacial score (nSPS) is 11.8. The first-order chi connectivity index (χ1) is 14.5. The minimum Gasteiger partial charge on any atom is -0.496 e. The lowest BCUT2D eigenvalue weighted by Gasteiger charge is -2.13. The van der Waals surface area contributed by atoms with Gasteiger partial charge in [0.15, 0.2) is 0 Å². The maximum atomic E-state index is 13.5. The van der Waals surface area contributed by atoms with Gasteiger partial charge in [0, 0.05) is 0 Å². The zero-order chi connectivity index (χ0) is 21.4. The molecule has 6 heteroatoms. The number of ether oxygens (including phenoxy) is 3. The number of allylic oxidation sites excluding steroid dienone is 1. The SMILES string of the molecule is CCOc1ccc(/C(=C/OCc2cccc(Oc3ccccc3)c2)C(F)(F)F)cc1. The van der Waals surface area contributed by atoms with Crippen molar-refractivity contribution in [1.82, 2.24) is 0 Å². The summed E-state index contributed by atoms with van der Waals surface area (Å²) < 4.78 is 56.8. The van der Waals surface area contributed by atoms with Crippen molar-refractivity contribution in [3.8, 4) is 17.2 Å². The molecule has 0 aliphatic carbocycles. The van der Waals surface area contributed by atoms with E-state index in [9.17, 15) is 13.2 Å². The number of hydrogen-bond donors (Lipinski definition) is 0. The van der Waals surface area contributed by atoms with Crippen LogP contribution >= 0.6 is 0 Å². The Balaban J connectivity index is 1.70. The summed E-state index contributed by atoms with van der Waals surface area (Å²) in [5, 5.41) is 0. The molecule has 3 nitrogen and oxygen atoms in total. The molecule has 0 aliphatic rings. The predicted molar refractivity (Wildman–Crippen MR) is 109 cm³/mol. The summed E-state index contributed by atoms with van der Waals surface area (Å²) in [7, 11) is 0. The van der Waals surface area contributed by atoms with Gasteiger partial charge in [-0.2, -0.15) is 13.2 Å². The lowest BCUT2D eigenvalue weighted by molar-refractivity contribution is -0.0704. The quantitative estimate of drug-likeness (QED) is 0.372. The van der Waals surface area contributed by atoms with E-state index in [2.05, 4.69) is 0 Å². The van der Waals surface area contributed by atoms with Gasteiger partial charge in [-0.1, -0.05) is 42.5 Å². The van der Waals surface area contributed by atoms with Crippen molar-refractivity contribution in [2.24, 2.45) is 0 Å². The molecule has 30 heavy (non-hydrogen) atoms. The van der Waals surface area contributed by atoms with E-state index in [1.165, 1.54) is 24.3 Å². The fourth-order valence-corrected chi connectivity index (χ4v) is 2.74. The van der Waals surface area contributed by atoms with Crippen LogP contribution < -0.4 is 9.47 Å². The van der Waals surface area contributed by atoms with Crippen LogP contribution in [0.4, 0.5) is 13.2 Å². The largest absolute Gasteiger partial charge is 0.496 e. The highest BCUT2D eigenvalue weighted by Gasteiger charge is 2.35. The standard InChI is InChI=1S/C24H21F3O3/c1-2-29-20-13-11-19(12-14-20)23(24(25,26)27)17-28-16-18-7-6-10-22(15-18)30-21-8-4-3-5-9-21/h3-15,17H,2,16H2,1H3/b23-17-. The average Bonchev–Trinajstić information content (AvgIpc) is 2.72. The molecule has 0 fully saturated rings. The molecule has 0 bridgehead atoms. The van der Waals surface area contributed by atoms with Crippen molar-refractivity contribution >= 4 is 5.57 Å². The van der Waals surface area contributed by atoms with Gasteiger partial charge in [-0.3, -0.25) is 0 Å². The van der Waals surface area contributed by atoms with Crippen molar-refractivity contribution < 1.29 is 27.4 Å². The van der Waals surface area contributed by atoms with E-state index in [0.717, 1.165) is 6.26 Å². The summed E-state index contributed by atoms with van der Waals surface area (Å²) in [5.74, 6) is 1.76. The summed E-state index contributed by atoms with van der Waals surface area (Å²) in [6.45, 7) is 2.22. The van der Waals surface area contributed by atoms with E-state index in [1.54, 1.807) is 24.3 Å². The first-order valence-electron chi connectivity index (χ1n) is 9.40. The number of hydrogen-bond acceptors (Lipinski definition) is 3. The number of rotatable bonds is 8. The Hall–Kier alpha value is -3.41. The average molecular weight is 414 g/mol. The third-order valence-electron chi connectivity index (χ3n) is 4.11. The Morgan fingerprint density at radius 2 is 1.53 bits per heavy atom. The molecule has 0 saturated heterocycles. The van der Waals surface area contributed by atoms with Crippen LogP contribution in [0.5, 0.6) is 17.2 Å². The van der Waals surface area contributed by atoms with Crippen LogP contribution in [0.1, 0.15) is 18.1 Å². The summed E-state index contributed by atoms with van der Waals surface area (Å²) in [6.07, 6.45) is -3.80. The van der Waals surface area contributed by atoms with Gasteiger partial charge in [-0.05, 0) is 54.4 Å². The molecule has 0 saturated carbocycles. The van der Waals surface area contributed by atoms with Crippen LogP contribution in [0.15, 0.2) is 85.1 Å². The second-order valence-corrected chi connectivity index (χ2v) is 6.36. The molecule has 0 amide bonds. The fraction of sp³-hybridized carbons (Fsp3) is 0.167. The van der Waals surface area contributed by atoms with Crippen molar-refractivity contribution in [2.45, 2.75) is 19.7 Å². The van der Waals surface area contributed by atoms with E-state index in [1.807, 2.05) is 37.3 Å². The van der Waals surface area contributed by atoms with Gasteiger partial charge in [-0.25, -0.2) is 0 Å². The predicted octanol–water partition coefficient (Wildman–Crippen LogP) is 7.00. The van der Waals surface area contributed by atoms with Crippen molar-refractivity contribution in [1.29, 1.82) is 0 Å². The molecule has 3 rings (SSSR count). The Morgan fingerprint density at radius 1 is 0.833 bits per heavy atom. The molecule has 0 spiro atoms. The minimum atomic E-state index is -4.55. The highest BCUT2D eigenvalue weighted by Crippen LogP contribution is 2.34. The van der Waals surface area contributed by atoms with Crippen LogP contribution in [0.2, 0.25) is 0 Å². The summed E-state index contributed by atoms with van der Waals surface area (Å²) in [6, 6.07) is 22.0. The Morgan fingerprint density at radius 3 is 2.20 bits per heavy atom. The summed E-state index contributed by atoms with van der Waals surface area (Å²) in [4.78, 5) is 0. The van der Waals surface area contributed by atoms with Crippen molar-refractivity contribution in [3.63, 3.8) is 0 Å². The third kappa shape index (κ3) is 6.04. The maximum Gasteiger partial charge on any atom is 0.419 e. The Labute approximate surface area is 173 Å². The van der Waals surface area contributed by atoms with Gasteiger partial charge in [-0.15, -0.1) is 0 Å². The van der Waals surface area contributed by atoms with Gasteiger partial charge in [0.25, 0.3) is 0 Å². The lowest BCUT2D eigenvalue weighted by Crippen LogP contribution is -2.11. The van der Waals surface area contributed by atoms with Crippen LogP contribution in [0, 0.1) is 0 Å². The zero-order valence-electron chi connectivity index (χ0n) is 16.4. The van der Waals surface area contributed by atoms with E-state index < -0.39 is 11.7 Å². The fourth-order valence-electron chi connectivity index (χ4n) is 2.74. The molecular weight excluding hydrogens is 393 g/mol. The van der Waals surface area contributed by atoms with E-state index in [-0.39, 0.29) is 12.2 Å². The highest BCUT2D eigenvalue weighted by molar-refractivity contribution is 5.69. The molecule has 3 aromatic carbocycles. The molecule has 156 valence electrons. The van der Waals surface area contributed by atoms with Crippen LogP contribution in [0.25, 0.3) is 5.57 Å². The summed E-state index contributed by atoms with van der Waals surface area (Å²) >= 11 is 0. The molecule has 0 unspecified atom stereocenters. The molecule has 3 aromatic rings. The first-order valence-corrected chi connectivity index (χ1v) is 9.40. The smallest absolute Gasteiger partial charge is 0.419 e. The molecule has 0 N–H and O–H groups in total. The van der Waals surface area contributed by atoms with Gasteiger partial charge < -0.3 is 14.2 Å². The number of para-hydroxylation sites is 1. The van der Waals surface area contributed by atoms with Crippen LogP contribution in [-0.4, -0.2) is 12.8 Å². The third-order valence-corrected chi connectivity index (χ3v) is 4.11. The second-order valence-electron chi connectivity index (χ2n) is 6.36. The Kier molecular flexibility index (Phi) is 7.01. The van der Waals surface area contributed by atoms with E-state index >= 15 is 0 Å². The minimum absolute atomic E-state index is 0.00659. The molecule has 0 radical (unpaired) electrons. The van der Waals surface area contributed by atoms with Crippen molar-refractivity contribution in [2.75, 3.05) is 6.61 Å². The molecule has 0 aromatic heterocycles.